The summed E-state index contributed by atoms with van der Waals surface area (Å²) in [6, 6.07) is 12.8. The van der Waals surface area contributed by atoms with Gasteiger partial charge in [0.2, 0.25) is 0 Å². The first-order valence-corrected chi connectivity index (χ1v) is 7.03. The number of phenolic OH excluding ortho intramolecular Hbond substituents is 1. The molecule has 1 aliphatic carbocycles. The third-order valence-electron chi connectivity index (χ3n) is 3.99. The van der Waals surface area contributed by atoms with Crippen molar-refractivity contribution in [2.24, 2.45) is 0 Å². The molecule has 3 rings (SSSR count). The Labute approximate surface area is 118 Å². The molecule has 104 valence electrons. The zero-order valence-electron chi connectivity index (χ0n) is 11.3. The number of hydrogen-bond donors (Lipinski definition) is 2. The summed E-state index contributed by atoms with van der Waals surface area (Å²) in [5.74, 6) is 0.250. The van der Waals surface area contributed by atoms with Crippen LogP contribution in [0.15, 0.2) is 42.5 Å². The minimum atomic E-state index is -0.140. The van der Waals surface area contributed by atoms with E-state index in [0.717, 1.165) is 30.5 Å². The number of rotatable bonds is 4. The Hall–Kier alpha value is -1.87. The van der Waals surface area contributed by atoms with Gasteiger partial charge in [0.25, 0.3) is 0 Å². The molecule has 2 nitrogen and oxygen atoms in total. The first-order valence-electron chi connectivity index (χ1n) is 7.03. The molecular formula is C17H18FNO. The van der Waals surface area contributed by atoms with Gasteiger partial charge in [-0.1, -0.05) is 30.3 Å². The lowest BCUT2D eigenvalue weighted by Gasteiger charge is -2.14. The second-order valence-electron chi connectivity index (χ2n) is 5.23. The Morgan fingerprint density at radius 1 is 1.15 bits per heavy atom. The lowest BCUT2D eigenvalue weighted by atomic mass is 10.1. The smallest absolute Gasteiger partial charge is 0.126 e. The summed E-state index contributed by atoms with van der Waals surface area (Å²) in [7, 11) is 0. The van der Waals surface area contributed by atoms with Crippen molar-refractivity contribution < 1.29 is 9.50 Å². The number of hydrogen-bond acceptors (Lipinski definition) is 2. The summed E-state index contributed by atoms with van der Waals surface area (Å²) in [5.41, 5.74) is 2.98. The number of phenols is 1. The fourth-order valence-corrected chi connectivity index (χ4v) is 2.93. The van der Waals surface area contributed by atoms with Gasteiger partial charge in [0.15, 0.2) is 0 Å². The van der Waals surface area contributed by atoms with Crippen LogP contribution in [0.4, 0.5) is 4.39 Å². The lowest BCUT2D eigenvalue weighted by Crippen LogP contribution is -2.22. The van der Waals surface area contributed by atoms with Crippen LogP contribution in [0.2, 0.25) is 0 Å². The molecule has 0 amide bonds. The van der Waals surface area contributed by atoms with Crippen molar-refractivity contribution in [2.75, 3.05) is 6.54 Å². The van der Waals surface area contributed by atoms with Crippen LogP contribution in [0.25, 0.3) is 0 Å². The summed E-state index contributed by atoms with van der Waals surface area (Å²) in [6.45, 7) is 0.737. The molecule has 0 spiro atoms. The fraction of sp³-hybridized carbons (Fsp3) is 0.294. The highest BCUT2D eigenvalue weighted by Gasteiger charge is 2.23. The monoisotopic (exact) mass is 271 g/mol. The summed E-state index contributed by atoms with van der Waals surface area (Å²) in [6.07, 6.45) is 2.57. The third kappa shape index (κ3) is 2.54. The SMILES string of the molecule is Oc1cccc2c1CCC2NCCc1ccccc1F. The highest BCUT2D eigenvalue weighted by molar-refractivity contribution is 5.44. The quantitative estimate of drug-likeness (QED) is 0.893. The number of benzene rings is 2. The number of nitrogens with one attached hydrogen (secondary N) is 1. The Bertz CT molecular complexity index is 612. The van der Waals surface area contributed by atoms with Crippen LogP contribution in [-0.2, 0) is 12.8 Å². The predicted octanol–water partition coefficient (Wildman–Crippen LogP) is 3.35. The van der Waals surface area contributed by atoms with Gasteiger partial charge in [0.05, 0.1) is 0 Å². The second kappa shape index (κ2) is 5.63. The van der Waals surface area contributed by atoms with Gasteiger partial charge in [-0.2, -0.15) is 0 Å². The minimum Gasteiger partial charge on any atom is -0.508 e. The van der Waals surface area contributed by atoms with Crippen molar-refractivity contribution in [3.63, 3.8) is 0 Å². The van der Waals surface area contributed by atoms with Crippen molar-refractivity contribution in [2.45, 2.75) is 25.3 Å². The van der Waals surface area contributed by atoms with Crippen LogP contribution in [0, 0.1) is 5.82 Å². The van der Waals surface area contributed by atoms with Crippen molar-refractivity contribution in [1.82, 2.24) is 5.32 Å². The molecule has 0 saturated carbocycles. The second-order valence-corrected chi connectivity index (χ2v) is 5.23. The van der Waals surface area contributed by atoms with Gasteiger partial charge in [0, 0.05) is 6.04 Å². The van der Waals surface area contributed by atoms with Gasteiger partial charge in [-0.3, -0.25) is 0 Å². The molecule has 0 radical (unpaired) electrons. The van der Waals surface area contributed by atoms with E-state index in [1.807, 2.05) is 18.2 Å². The average molecular weight is 271 g/mol. The maximum Gasteiger partial charge on any atom is 0.126 e. The number of fused-ring (bicyclic) bond motifs is 1. The summed E-state index contributed by atoms with van der Waals surface area (Å²) >= 11 is 0. The molecule has 0 fully saturated rings. The van der Waals surface area contributed by atoms with Gasteiger partial charge < -0.3 is 10.4 Å². The Balaban J connectivity index is 1.62. The maximum atomic E-state index is 13.5. The van der Waals surface area contributed by atoms with Crippen LogP contribution >= 0.6 is 0 Å². The standard InChI is InChI=1S/C17H18FNO/c18-15-6-2-1-4-12(15)10-11-19-16-9-8-14-13(16)5-3-7-17(14)20/h1-7,16,19-20H,8-11H2. The Kier molecular flexibility index (Phi) is 3.70. The topological polar surface area (TPSA) is 32.3 Å². The molecule has 2 aromatic carbocycles. The van der Waals surface area contributed by atoms with E-state index in [2.05, 4.69) is 11.4 Å². The highest BCUT2D eigenvalue weighted by Crippen LogP contribution is 2.36. The van der Waals surface area contributed by atoms with Gasteiger partial charge in [-0.05, 0) is 54.6 Å². The van der Waals surface area contributed by atoms with E-state index in [-0.39, 0.29) is 11.9 Å². The third-order valence-corrected chi connectivity index (χ3v) is 3.99. The van der Waals surface area contributed by atoms with Crippen LogP contribution < -0.4 is 5.32 Å². The summed E-state index contributed by atoms with van der Waals surface area (Å²) in [5, 5.41) is 13.3. The largest absolute Gasteiger partial charge is 0.508 e. The Morgan fingerprint density at radius 2 is 2.00 bits per heavy atom. The van der Waals surface area contributed by atoms with Gasteiger partial charge in [-0.15, -0.1) is 0 Å². The van der Waals surface area contributed by atoms with E-state index < -0.39 is 0 Å². The fourth-order valence-electron chi connectivity index (χ4n) is 2.93. The van der Waals surface area contributed by atoms with E-state index in [1.54, 1.807) is 12.1 Å². The molecule has 0 saturated heterocycles. The molecular weight excluding hydrogens is 253 g/mol. The molecule has 1 aliphatic rings. The summed E-state index contributed by atoms with van der Waals surface area (Å²) in [4.78, 5) is 0. The molecule has 0 bridgehead atoms. The van der Waals surface area contributed by atoms with Crippen LogP contribution in [0.5, 0.6) is 5.75 Å². The molecule has 0 aliphatic heterocycles. The van der Waals surface area contributed by atoms with E-state index in [4.69, 9.17) is 0 Å². The average Bonchev–Trinajstić information content (AvgIpc) is 2.86. The van der Waals surface area contributed by atoms with Crippen molar-refractivity contribution in [3.8, 4) is 5.75 Å². The molecule has 1 unspecified atom stereocenters. The zero-order chi connectivity index (χ0) is 13.9. The summed E-state index contributed by atoms with van der Waals surface area (Å²) < 4.78 is 13.5. The van der Waals surface area contributed by atoms with Crippen LogP contribution in [0.1, 0.15) is 29.2 Å². The van der Waals surface area contributed by atoms with Gasteiger partial charge >= 0.3 is 0 Å². The molecule has 2 aromatic rings. The minimum absolute atomic E-state index is 0.140. The first-order chi connectivity index (χ1) is 9.75. The van der Waals surface area contributed by atoms with E-state index in [0.29, 0.717) is 12.2 Å². The molecule has 1 atom stereocenters. The van der Waals surface area contributed by atoms with Gasteiger partial charge in [-0.25, -0.2) is 4.39 Å². The molecule has 0 heterocycles. The van der Waals surface area contributed by atoms with Crippen molar-refractivity contribution in [3.05, 3.63) is 65.0 Å². The first kappa shape index (κ1) is 13.1. The van der Waals surface area contributed by atoms with E-state index in [1.165, 1.54) is 11.6 Å². The zero-order valence-corrected chi connectivity index (χ0v) is 11.3. The lowest BCUT2D eigenvalue weighted by molar-refractivity contribution is 0.469. The highest BCUT2D eigenvalue weighted by atomic mass is 19.1. The number of aromatic hydroxyl groups is 1. The van der Waals surface area contributed by atoms with Crippen molar-refractivity contribution >= 4 is 0 Å². The van der Waals surface area contributed by atoms with Crippen LogP contribution in [0.3, 0.4) is 0 Å². The molecule has 3 heteroatoms. The van der Waals surface area contributed by atoms with Crippen molar-refractivity contribution in [1.29, 1.82) is 0 Å². The number of halogens is 1. The van der Waals surface area contributed by atoms with E-state index >= 15 is 0 Å². The molecule has 0 aromatic heterocycles. The normalized spacial score (nSPS) is 17.1. The Morgan fingerprint density at radius 3 is 2.85 bits per heavy atom. The molecule has 20 heavy (non-hydrogen) atoms. The van der Waals surface area contributed by atoms with Gasteiger partial charge in [0.1, 0.15) is 11.6 Å². The van der Waals surface area contributed by atoms with E-state index in [9.17, 15) is 9.50 Å². The predicted molar refractivity (Wildman–Crippen MR) is 77.3 cm³/mol. The molecule has 2 N–H and O–H groups in total. The van der Waals surface area contributed by atoms with Crippen LogP contribution in [-0.4, -0.2) is 11.7 Å². The maximum absolute atomic E-state index is 13.5.